The van der Waals surface area contributed by atoms with Gasteiger partial charge in [0.1, 0.15) is 25.1 Å². The van der Waals surface area contributed by atoms with Gasteiger partial charge in [0, 0.05) is 36.2 Å². The lowest BCUT2D eigenvalue weighted by molar-refractivity contribution is -0.148. The van der Waals surface area contributed by atoms with Crippen molar-refractivity contribution in [1.29, 1.82) is 0 Å². The molecule has 10 nitrogen and oxygen atoms in total. The molecule has 0 aromatic carbocycles. The lowest BCUT2D eigenvalue weighted by atomic mass is 9.95. The number of ether oxygens (including phenoxy) is 3. The molecule has 0 amide bonds. The Morgan fingerprint density at radius 3 is 2.61 bits per heavy atom. The summed E-state index contributed by atoms with van der Waals surface area (Å²) in [6.07, 6.45) is 7.85. The highest BCUT2D eigenvalue weighted by molar-refractivity contribution is 5.73. The third-order valence-corrected chi connectivity index (χ3v) is 6.56. The summed E-state index contributed by atoms with van der Waals surface area (Å²) in [6.45, 7) is 10.5. The number of aryl methyl sites for hydroxylation is 1. The van der Waals surface area contributed by atoms with Crippen LogP contribution in [0.25, 0.3) is 22.6 Å². The first-order valence-electron chi connectivity index (χ1n) is 13.1. The van der Waals surface area contributed by atoms with Crippen LogP contribution in [0, 0.1) is 18.3 Å². The molecule has 1 saturated carbocycles. The molecule has 1 fully saturated rings. The summed E-state index contributed by atoms with van der Waals surface area (Å²) in [4.78, 5) is 24.9. The van der Waals surface area contributed by atoms with Crippen LogP contribution in [0.1, 0.15) is 58.9 Å². The van der Waals surface area contributed by atoms with E-state index in [0.29, 0.717) is 35.9 Å². The van der Waals surface area contributed by atoms with E-state index in [-0.39, 0.29) is 19.4 Å². The van der Waals surface area contributed by atoms with Gasteiger partial charge in [0.25, 0.3) is 0 Å². The summed E-state index contributed by atoms with van der Waals surface area (Å²) in [5.74, 6) is 0.519. The molecule has 1 aliphatic rings. The quantitative estimate of drug-likeness (QED) is 0.303. The first-order chi connectivity index (χ1) is 18.1. The van der Waals surface area contributed by atoms with Gasteiger partial charge in [-0.15, -0.1) is 5.10 Å². The summed E-state index contributed by atoms with van der Waals surface area (Å²) in [6, 6.07) is 6.09. The van der Waals surface area contributed by atoms with Gasteiger partial charge < -0.3 is 19.3 Å². The van der Waals surface area contributed by atoms with E-state index in [1.54, 1.807) is 37.0 Å². The molecule has 0 saturated heterocycles. The maximum atomic E-state index is 11.3. The summed E-state index contributed by atoms with van der Waals surface area (Å²) >= 11 is 0. The number of carboxylic acids is 1. The molecule has 1 N–H and O–H groups in total. The van der Waals surface area contributed by atoms with Crippen LogP contribution in [0.2, 0.25) is 0 Å². The van der Waals surface area contributed by atoms with Crippen molar-refractivity contribution in [2.75, 3.05) is 13.2 Å². The molecule has 0 bridgehead atoms. The van der Waals surface area contributed by atoms with Gasteiger partial charge in [-0.25, -0.2) is 4.98 Å². The van der Waals surface area contributed by atoms with Crippen molar-refractivity contribution in [2.24, 2.45) is 11.3 Å². The SMILES string of the molecule is Cc1cc(OCC(C)(C)C(=O)O)ncc1-c1ccc(-c2nc(OC3CCC3)n(COCCC(C)C)n2)nc1. The lowest BCUT2D eigenvalue weighted by Crippen LogP contribution is -2.30. The van der Waals surface area contributed by atoms with E-state index in [1.165, 1.54) is 6.42 Å². The van der Waals surface area contributed by atoms with E-state index in [1.807, 2.05) is 19.1 Å². The fourth-order valence-corrected chi connectivity index (χ4v) is 3.63. The third-order valence-electron chi connectivity index (χ3n) is 6.56. The Hall–Kier alpha value is -3.53. The molecular formula is C28H37N5O5. The monoisotopic (exact) mass is 523 g/mol. The molecule has 0 unspecified atom stereocenters. The Bertz CT molecular complexity index is 1230. The highest BCUT2D eigenvalue weighted by Crippen LogP contribution is 2.29. The Labute approximate surface area is 223 Å². The molecule has 4 rings (SSSR count). The van der Waals surface area contributed by atoms with E-state index in [2.05, 4.69) is 33.9 Å². The number of rotatable bonds is 13. The van der Waals surface area contributed by atoms with Gasteiger partial charge in [-0.3, -0.25) is 9.78 Å². The topological polar surface area (TPSA) is 121 Å². The van der Waals surface area contributed by atoms with E-state index in [0.717, 1.165) is 36.0 Å². The average molecular weight is 524 g/mol. The molecule has 1 aliphatic carbocycles. The molecule has 0 spiro atoms. The first kappa shape index (κ1) is 27.5. The number of nitrogens with zero attached hydrogens (tertiary/aromatic N) is 5. The number of aliphatic carboxylic acids is 1. The molecule has 0 aliphatic heterocycles. The summed E-state index contributed by atoms with van der Waals surface area (Å²) < 4.78 is 19.2. The van der Waals surface area contributed by atoms with Crippen molar-refractivity contribution < 1.29 is 24.1 Å². The zero-order valence-corrected chi connectivity index (χ0v) is 22.8. The number of pyridine rings is 2. The standard InChI is InChI=1S/C28H37N5O5/c1-18(2)11-12-36-17-33-27(38-21-7-6-8-21)31-25(32-33)23-10-9-20(14-29-23)22-15-30-24(13-19(22)3)37-16-28(4,5)26(34)35/h9-10,13-15,18,21H,6-8,11-12,16-17H2,1-5H3,(H,34,35). The van der Waals surface area contributed by atoms with Crippen LogP contribution in [0.4, 0.5) is 0 Å². The minimum atomic E-state index is -1.00. The summed E-state index contributed by atoms with van der Waals surface area (Å²) in [5.41, 5.74) is 2.36. The number of carboxylic acid groups (broad SMARTS) is 1. The summed E-state index contributed by atoms with van der Waals surface area (Å²) in [7, 11) is 0. The second-order valence-electron chi connectivity index (χ2n) is 10.9. The molecule has 0 atom stereocenters. The predicted octanol–water partition coefficient (Wildman–Crippen LogP) is 5.15. The largest absolute Gasteiger partial charge is 0.481 e. The highest BCUT2D eigenvalue weighted by Gasteiger charge is 2.28. The predicted molar refractivity (Wildman–Crippen MR) is 142 cm³/mol. The Morgan fingerprint density at radius 1 is 1.21 bits per heavy atom. The van der Waals surface area contributed by atoms with Crippen molar-refractivity contribution in [3.63, 3.8) is 0 Å². The van der Waals surface area contributed by atoms with Crippen LogP contribution in [0.3, 0.4) is 0 Å². The number of hydrogen-bond donors (Lipinski definition) is 1. The Balaban J connectivity index is 1.46. The number of aromatic nitrogens is 5. The maximum absolute atomic E-state index is 11.3. The highest BCUT2D eigenvalue weighted by atomic mass is 16.5. The van der Waals surface area contributed by atoms with Crippen LogP contribution in [0.15, 0.2) is 30.6 Å². The maximum Gasteiger partial charge on any atom is 0.317 e. The second-order valence-corrected chi connectivity index (χ2v) is 10.9. The van der Waals surface area contributed by atoms with E-state index < -0.39 is 11.4 Å². The fraction of sp³-hybridized carbons (Fsp3) is 0.536. The van der Waals surface area contributed by atoms with Crippen LogP contribution >= 0.6 is 0 Å². The van der Waals surface area contributed by atoms with Gasteiger partial charge in [0.05, 0.1) is 5.41 Å². The van der Waals surface area contributed by atoms with E-state index >= 15 is 0 Å². The van der Waals surface area contributed by atoms with E-state index in [9.17, 15) is 9.90 Å². The van der Waals surface area contributed by atoms with Crippen molar-refractivity contribution in [2.45, 2.75) is 73.1 Å². The van der Waals surface area contributed by atoms with Gasteiger partial charge in [-0.2, -0.15) is 9.67 Å². The zero-order valence-electron chi connectivity index (χ0n) is 22.8. The molecule has 204 valence electrons. The molecule has 3 aromatic heterocycles. The molecule has 3 aromatic rings. The molecule has 38 heavy (non-hydrogen) atoms. The van der Waals surface area contributed by atoms with Crippen LogP contribution in [-0.4, -0.2) is 55.1 Å². The minimum Gasteiger partial charge on any atom is -0.481 e. The number of carbonyl (C=O) groups is 1. The van der Waals surface area contributed by atoms with Crippen LogP contribution in [0.5, 0.6) is 11.9 Å². The van der Waals surface area contributed by atoms with Gasteiger partial charge in [0.2, 0.25) is 11.7 Å². The normalized spacial score (nSPS) is 13.9. The molecular weight excluding hydrogens is 486 g/mol. The van der Waals surface area contributed by atoms with Gasteiger partial charge in [0.15, 0.2) is 0 Å². The molecule has 0 radical (unpaired) electrons. The lowest BCUT2D eigenvalue weighted by Gasteiger charge is -2.25. The fourth-order valence-electron chi connectivity index (χ4n) is 3.63. The molecule has 10 heteroatoms. The minimum absolute atomic E-state index is 0.0270. The van der Waals surface area contributed by atoms with Crippen molar-refractivity contribution in [3.8, 4) is 34.5 Å². The van der Waals surface area contributed by atoms with Gasteiger partial charge in [-0.05, 0) is 64.0 Å². The van der Waals surface area contributed by atoms with Gasteiger partial charge >= 0.3 is 12.0 Å². The zero-order chi connectivity index (χ0) is 27.3. The smallest absolute Gasteiger partial charge is 0.317 e. The van der Waals surface area contributed by atoms with Crippen LogP contribution in [-0.2, 0) is 16.3 Å². The van der Waals surface area contributed by atoms with Gasteiger partial charge in [-0.1, -0.05) is 19.9 Å². The van der Waals surface area contributed by atoms with Crippen molar-refractivity contribution in [3.05, 3.63) is 36.2 Å². The molecule has 3 heterocycles. The summed E-state index contributed by atoms with van der Waals surface area (Å²) in [5, 5.41) is 13.9. The Morgan fingerprint density at radius 2 is 2.00 bits per heavy atom. The van der Waals surface area contributed by atoms with Crippen molar-refractivity contribution >= 4 is 5.97 Å². The van der Waals surface area contributed by atoms with E-state index in [4.69, 9.17) is 14.2 Å². The Kier molecular flexibility index (Phi) is 8.61. The van der Waals surface area contributed by atoms with Crippen LogP contribution < -0.4 is 9.47 Å². The number of hydrogen-bond acceptors (Lipinski definition) is 8. The third kappa shape index (κ3) is 6.86. The second kappa shape index (κ2) is 11.9. The average Bonchev–Trinajstić information content (AvgIpc) is 3.25. The first-order valence-corrected chi connectivity index (χ1v) is 13.1. The van der Waals surface area contributed by atoms with Crippen molar-refractivity contribution in [1.82, 2.24) is 24.7 Å².